The second-order valence-electron chi connectivity index (χ2n) is 6.42. The highest BCUT2D eigenvalue weighted by Crippen LogP contribution is 2.32. The Balaban J connectivity index is 1.57. The van der Waals surface area contributed by atoms with Crippen LogP contribution in [-0.4, -0.2) is 29.9 Å². The highest BCUT2D eigenvalue weighted by molar-refractivity contribution is 6.01. The van der Waals surface area contributed by atoms with Crippen molar-refractivity contribution in [2.45, 2.75) is 26.0 Å². The van der Waals surface area contributed by atoms with Crippen LogP contribution in [0.4, 0.5) is 11.4 Å². The quantitative estimate of drug-likeness (QED) is 0.696. The number of benzene rings is 2. The van der Waals surface area contributed by atoms with E-state index in [4.69, 9.17) is 4.74 Å². The molecule has 7 nitrogen and oxygen atoms in total. The van der Waals surface area contributed by atoms with E-state index < -0.39 is 12.1 Å². The van der Waals surface area contributed by atoms with Gasteiger partial charge < -0.3 is 20.7 Å². The molecule has 2 aromatic rings. The Labute approximate surface area is 162 Å². The standard InChI is InChI=1S/C21H21N3O4/c1-13(22-19(25)11-8-15-6-4-3-5-7-15)20(26)23-16-9-10-18-17(12-16)24-21(27)14(2)28-18/h3-14H,1-2H3,(H,22,25)(H,23,26)(H,24,27)/b11-8+/t13-,14+/m0/s1. The van der Waals surface area contributed by atoms with Gasteiger partial charge in [0.15, 0.2) is 6.10 Å². The second kappa shape index (κ2) is 8.39. The van der Waals surface area contributed by atoms with E-state index >= 15 is 0 Å². The van der Waals surface area contributed by atoms with Crippen LogP contribution in [-0.2, 0) is 14.4 Å². The molecule has 144 valence electrons. The van der Waals surface area contributed by atoms with E-state index in [9.17, 15) is 14.4 Å². The van der Waals surface area contributed by atoms with Crippen LogP contribution in [0.5, 0.6) is 5.75 Å². The summed E-state index contributed by atoms with van der Waals surface area (Å²) in [4.78, 5) is 36.0. The lowest BCUT2D eigenvalue weighted by molar-refractivity contribution is -0.123. The molecule has 28 heavy (non-hydrogen) atoms. The maximum Gasteiger partial charge on any atom is 0.265 e. The first-order valence-corrected chi connectivity index (χ1v) is 8.88. The van der Waals surface area contributed by atoms with Crippen molar-refractivity contribution < 1.29 is 19.1 Å². The van der Waals surface area contributed by atoms with Crippen molar-refractivity contribution in [2.75, 3.05) is 10.6 Å². The molecule has 0 unspecified atom stereocenters. The minimum Gasteiger partial charge on any atom is -0.479 e. The molecule has 2 aromatic carbocycles. The normalized spacial score (nSPS) is 16.5. The van der Waals surface area contributed by atoms with Gasteiger partial charge in [0.25, 0.3) is 5.91 Å². The van der Waals surface area contributed by atoms with Crippen LogP contribution >= 0.6 is 0 Å². The molecule has 0 fully saturated rings. The lowest BCUT2D eigenvalue weighted by Crippen LogP contribution is -2.41. The SMILES string of the molecule is C[C@H](NC(=O)/C=C/c1ccccc1)C(=O)Nc1ccc2c(c1)NC(=O)[C@@H](C)O2. The molecule has 7 heteroatoms. The Morgan fingerprint density at radius 2 is 1.93 bits per heavy atom. The summed E-state index contributed by atoms with van der Waals surface area (Å²) < 4.78 is 5.48. The smallest absolute Gasteiger partial charge is 0.265 e. The number of hydrogen-bond acceptors (Lipinski definition) is 4. The zero-order valence-corrected chi connectivity index (χ0v) is 15.6. The van der Waals surface area contributed by atoms with Crippen LogP contribution in [0.1, 0.15) is 19.4 Å². The predicted octanol–water partition coefficient (Wildman–Crippen LogP) is 2.56. The molecule has 0 aromatic heterocycles. The molecular formula is C21H21N3O4. The summed E-state index contributed by atoms with van der Waals surface area (Å²) in [5.41, 5.74) is 1.87. The van der Waals surface area contributed by atoms with Gasteiger partial charge in [-0.1, -0.05) is 30.3 Å². The summed E-state index contributed by atoms with van der Waals surface area (Å²) >= 11 is 0. The molecule has 0 saturated heterocycles. The van der Waals surface area contributed by atoms with Crippen molar-refractivity contribution in [1.29, 1.82) is 0 Å². The molecule has 0 saturated carbocycles. The van der Waals surface area contributed by atoms with Gasteiger partial charge in [-0.15, -0.1) is 0 Å². The zero-order chi connectivity index (χ0) is 20.1. The summed E-state index contributed by atoms with van der Waals surface area (Å²) in [6.45, 7) is 3.25. The number of ether oxygens (including phenoxy) is 1. The molecule has 1 aliphatic heterocycles. The Morgan fingerprint density at radius 3 is 2.68 bits per heavy atom. The third-order valence-electron chi connectivity index (χ3n) is 4.16. The van der Waals surface area contributed by atoms with Crippen LogP contribution < -0.4 is 20.7 Å². The highest BCUT2D eigenvalue weighted by Gasteiger charge is 2.24. The van der Waals surface area contributed by atoms with E-state index in [-0.39, 0.29) is 17.7 Å². The van der Waals surface area contributed by atoms with Crippen molar-refractivity contribution >= 4 is 35.2 Å². The van der Waals surface area contributed by atoms with Crippen molar-refractivity contribution in [3.8, 4) is 5.75 Å². The first-order chi connectivity index (χ1) is 13.4. The number of rotatable bonds is 5. The van der Waals surface area contributed by atoms with Gasteiger partial charge in [0.2, 0.25) is 11.8 Å². The highest BCUT2D eigenvalue weighted by atomic mass is 16.5. The molecule has 1 aliphatic rings. The Morgan fingerprint density at radius 1 is 1.18 bits per heavy atom. The van der Waals surface area contributed by atoms with Crippen LogP contribution in [0.15, 0.2) is 54.6 Å². The largest absolute Gasteiger partial charge is 0.479 e. The van der Waals surface area contributed by atoms with Crippen LogP contribution in [0.3, 0.4) is 0 Å². The molecule has 0 spiro atoms. The number of fused-ring (bicyclic) bond motifs is 1. The predicted molar refractivity (Wildman–Crippen MR) is 107 cm³/mol. The Hall–Kier alpha value is -3.61. The number of carbonyl (C=O) groups is 3. The third kappa shape index (κ3) is 4.76. The minimum absolute atomic E-state index is 0.248. The molecule has 0 bridgehead atoms. The van der Waals surface area contributed by atoms with E-state index in [1.54, 1.807) is 38.1 Å². The number of nitrogens with one attached hydrogen (secondary N) is 3. The van der Waals surface area contributed by atoms with E-state index in [2.05, 4.69) is 16.0 Å². The van der Waals surface area contributed by atoms with Crippen molar-refractivity contribution in [2.24, 2.45) is 0 Å². The molecule has 0 aliphatic carbocycles. The molecule has 3 N–H and O–H groups in total. The van der Waals surface area contributed by atoms with Gasteiger partial charge in [-0.25, -0.2) is 0 Å². The van der Waals surface area contributed by atoms with E-state index in [0.717, 1.165) is 5.56 Å². The summed E-state index contributed by atoms with van der Waals surface area (Å²) in [5.74, 6) is -0.455. The second-order valence-corrected chi connectivity index (χ2v) is 6.42. The monoisotopic (exact) mass is 379 g/mol. The van der Waals surface area contributed by atoms with Crippen molar-refractivity contribution in [3.05, 3.63) is 60.2 Å². The van der Waals surface area contributed by atoms with Crippen LogP contribution in [0.25, 0.3) is 6.08 Å². The average Bonchev–Trinajstić information content (AvgIpc) is 2.68. The maximum atomic E-state index is 12.3. The first kappa shape index (κ1) is 19.2. The lowest BCUT2D eigenvalue weighted by Gasteiger charge is -2.24. The van der Waals surface area contributed by atoms with E-state index in [1.165, 1.54) is 6.08 Å². The Bertz CT molecular complexity index is 925. The van der Waals surface area contributed by atoms with Gasteiger partial charge in [0.1, 0.15) is 11.8 Å². The van der Waals surface area contributed by atoms with E-state index in [1.807, 2.05) is 30.3 Å². The number of amides is 3. The first-order valence-electron chi connectivity index (χ1n) is 8.88. The van der Waals surface area contributed by atoms with Crippen molar-refractivity contribution in [1.82, 2.24) is 5.32 Å². The number of anilines is 2. The maximum absolute atomic E-state index is 12.3. The molecule has 1 heterocycles. The summed E-state index contributed by atoms with van der Waals surface area (Å²) in [5, 5.41) is 8.05. The lowest BCUT2D eigenvalue weighted by atomic mass is 10.2. The van der Waals surface area contributed by atoms with Gasteiger partial charge in [-0.05, 0) is 43.7 Å². The molecular weight excluding hydrogens is 358 g/mol. The van der Waals surface area contributed by atoms with Crippen LogP contribution in [0.2, 0.25) is 0 Å². The molecule has 2 atom stereocenters. The topological polar surface area (TPSA) is 96.5 Å². The summed E-state index contributed by atoms with van der Waals surface area (Å²) in [6.07, 6.45) is 2.49. The third-order valence-corrected chi connectivity index (χ3v) is 4.16. The fourth-order valence-electron chi connectivity index (χ4n) is 2.60. The van der Waals surface area contributed by atoms with Crippen LogP contribution in [0, 0.1) is 0 Å². The zero-order valence-electron chi connectivity index (χ0n) is 15.6. The molecule has 3 amide bonds. The fraction of sp³-hybridized carbons (Fsp3) is 0.190. The van der Waals surface area contributed by atoms with Crippen molar-refractivity contribution in [3.63, 3.8) is 0 Å². The molecule has 3 rings (SSSR count). The average molecular weight is 379 g/mol. The Kier molecular flexibility index (Phi) is 5.74. The number of hydrogen-bond donors (Lipinski definition) is 3. The van der Waals surface area contributed by atoms with Gasteiger partial charge in [0.05, 0.1) is 5.69 Å². The van der Waals surface area contributed by atoms with Gasteiger partial charge in [-0.3, -0.25) is 14.4 Å². The fourth-order valence-corrected chi connectivity index (χ4v) is 2.60. The van der Waals surface area contributed by atoms with E-state index in [0.29, 0.717) is 17.1 Å². The molecule has 0 radical (unpaired) electrons. The van der Waals surface area contributed by atoms with Gasteiger partial charge in [-0.2, -0.15) is 0 Å². The van der Waals surface area contributed by atoms with Gasteiger partial charge in [0, 0.05) is 11.8 Å². The summed E-state index contributed by atoms with van der Waals surface area (Å²) in [6, 6.07) is 13.6. The number of carbonyl (C=O) groups excluding carboxylic acids is 3. The summed E-state index contributed by atoms with van der Waals surface area (Å²) in [7, 11) is 0. The van der Waals surface area contributed by atoms with Gasteiger partial charge >= 0.3 is 0 Å². The minimum atomic E-state index is -0.741.